The van der Waals surface area contributed by atoms with Gasteiger partial charge in [-0.2, -0.15) is 4.98 Å². The molecule has 0 radical (unpaired) electrons. The van der Waals surface area contributed by atoms with Crippen molar-refractivity contribution in [2.45, 2.75) is 20.4 Å². The molecular weight excluding hydrogens is 382 g/mol. The van der Waals surface area contributed by atoms with E-state index >= 15 is 0 Å². The molecule has 0 aliphatic carbocycles. The van der Waals surface area contributed by atoms with Gasteiger partial charge in [-0.15, -0.1) is 11.3 Å². The Hall–Kier alpha value is -2.64. The van der Waals surface area contributed by atoms with E-state index in [2.05, 4.69) is 23.3 Å². The van der Waals surface area contributed by atoms with Crippen LogP contribution in [-0.2, 0) is 6.54 Å². The van der Waals surface area contributed by atoms with E-state index in [0.29, 0.717) is 23.3 Å². The van der Waals surface area contributed by atoms with E-state index in [9.17, 15) is 0 Å². The van der Waals surface area contributed by atoms with Crippen molar-refractivity contribution in [2.75, 3.05) is 12.4 Å². The average molecular weight is 400 g/mol. The van der Waals surface area contributed by atoms with Crippen LogP contribution in [0.15, 0.2) is 36.7 Å². The number of aromatic nitrogens is 4. The Bertz CT molecular complexity index is 1120. The zero-order chi connectivity index (χ0) is 19.0. The summed E-state index contributed by atoms with van der Waals surface area (Å²) in [4.78, 5) is 15.8. The molecule has 27 heavy (non-hydrogen) atoms. The summed E-state index contributed by atoms with van der Waals surface area (Å²) in [6.45, 7) is 4.59. The van der Waals surface area contributed by atoms with Crippen LogP contribution in [0.1, 0.15) is 16.3 Å². The Balaban J connectivity index is 1.70. The van der Waals surface area contributed by atoms with Gasteiger partial charge in [-0.1, -0.05) is 17.7 Å². The normalized spacial score (nSPS) is 11.1. The molecule has 0 aliphatic heterocycles. The number of thiophene rings is 1. The average Bonchev–Trinajstić information content (AvgIpc) is 3.24. The number of anilines is 1. The number of imidazole rings is 1. The molecule has 0 bridgehead atoms. The first-order chi connectivity index (χ1) is 13.0. The summed E-state index contributed by atoms with van der Waals surface area (Å²) in [5.74, 6) is 2.90. The van der Waals surface area contributed by atoms with E-state index < -0.39 is 0 Å². The highest BCUT2D eigenvalue weighted by Gasteiger charge is 2.13. The molecule has 1 aromatic carbocycles. The van der Waals surface area contributed by atoms with Crippen molar-refractivity contribution in [1.82, 2.24) is 19.5 Å². The lowest BCUT2D eigenvalue weighted by molar-refractivity contribution is 0.415. The Kier molecular flexibility index (Phi) is 4.72. The molecule has 0 atom stereocenters. The summed E-state index contributed by atoms with van der Waals surface area (Å²) >= 11 is 7.88. The zero-order valence-corrected chi connectivity index (χ0v) is 16.7. The molecule has 0 unspecified atom stereocenters. The molecule has 0 amide bonds. The molecule has 138 valence electrons. The van der Waals surface area contributed by atoms with Crippen LogP contribution in [0, 0.1) is 13.8 Å². The fourth-order valence-corrected chi connectivity index (χ4v) is 4.02. The van der Waals surface area contributed by atoms with Gasteiger partial charge in [-0.3, -0.25) is 4.57 Å². The minimum absolute atomic E-state index is 0.589. The smallest absolute Gasteiger partial charge is 0.238 e. The van der Waals surface area contributed by atoms with Gasteiger partial charge in [0.15, 0.2) is 0 Å². The lowest BCUT2D eigenvalue weighted by Crippen LogP contribution is -2.07. The van der Waals surface area contributed by atoms with Crippen LogP contribution in [0.3, 0.4) is 0 Å². The van der Waals surface area contributed by atoms with Crippen molar-refractivity contribution >= 4 is 39.0 Å². The first-order valence-electron chi connectivity index (χ1n) is 8.40. The SMILES string of the molecule is COc1ccc(CNc2nc(-n3ccnc3C)nc3sc(C)cc23)cc1Cl. The first kappa shape index (κ1) is 17.8. The van der Waals surface area contributed by atoms with Gasteiger partial charge in [-0.25, -0.2) is 9.97 Å². The highest BCUT2D eigenvalue weighted by atomic mass is 35.5. The molecule has 3 aromatic heterocycles. The fraction of sp³-hybridized carbons (Fsp3) is 0.211. The monoisotopic (exact) mass is 399 g/mol. The summed E-state index contributed by atoms with van der Waals surface area (Å²) < 4.78 is 7.09. The van der Waals surface area contributed by atoms with Gasteiger partial charge in [0.1, 0.15) is 22.2 Å². The van der Waals surface area contributed by atoms with E-state index in [0.717, 1.165) is 27.4 Å². The third-order valence-corrected chi connectivity index (χ3v) is 5.46. The van der Waals surface area contributed by atoms with Crippen molar-refractivity contribution in [3.8, 4) is 11.7 Å². The number of halogens is 1. The summed E-state index contributed by atoms with van der Waals surface area (Å²) in [5.41, 5.74) is 1.04. The van der Waals surface area contributed by atoms with Gasteiger partial charge in [0.2, 0.25) is 5.95 Å². The van der Waals surface area contributed by atoms with Crippen molar-refractivity contribution < 1.29 is 4.74 Å². The van der Waals surface area contributed by atoms with Crippen LogP contribution in [0.25, 0.3) is 16.2 Å². The Labute approximate surface area is 165 Å². The lowest BCUT2D eigenvalue weighted by Gasteiger charge is -2.11. The van der Waals surface area contributed by atoms with Gasteiger partial charge in [-0.05, 0) is 37.6 Å². The summed E-state index contributed by atoms with van der Waals surface area (Å²) in [5, 5.41) is 5.03. The minimum Gasteiger partial charge on any atom is -0.495 e. The number of nitrogens with one attached hydrogen (secondary N) is 1. The van der Waals surface area contributed by atoms with Crippen molar-refractivity contribution in [3.63, 3.8) is 0 Å². The molecule has 0 spiro atoms. The van der Waals surface area contributed by atoms with Crippen LogP contribution in [0.4, 0.5) is 5.82 Å². The van der Waals surface area contributed by atoms with Gasteiger partial charge in [0.05, 0.1) is 17.5 Å². The topological polar surface area (TPSA) is 64.9 Å². The molecule has 0 saturated carbocycles. The predicted octanol–water partition coefficient (Wildman–Crippen LogP) is 4.77. The second-order valence-electron chi connectivity index (χ2n) is 6.12. The fourth-order valence-electron chi connectivity index (χ4n) is 2.87. The van der Waals surface area contributed by atoms with Gasteiger partial charge < -0.3 is 10.1 Å². The van der Waals surface area contributed by atoms with E-state index in [-0.39, 0.29) is 0 Å². The number of methoxy groups -OCH3 is 1. The van der Waals surface area contributed by atoms with E-state index in [1.807, 2.05) is 35.9 Å². The number of fused-ring (bicyclic) bond motifs is 1. The lowest BCUT2D eigenvalue weighted by atomic mass is 10.2. The van der Waals surface area contributed by atoms with Crippen LogP contribution in [-0.4, -0.2) is 26.6 Å². The molecule has 0 fully saturated rings. The second-order valence-corrected chi connectivity index (χ2v) is 7.76. The third-order valence-electron chi connectivity index (χ3n) is 4.22. The predicted molar refractivity (Wildman–Crippen MR) is 109 cm³/mol. The Morgan fingerprint density at radius 2 is 2.07 bits per heavy atom. The standard InChI is InChI=1S/C19H18ClN5OS/c1-11-8-14-17(22-10-13-4-5-16(26-3)15(20)9-13)23-19(24-18(14)27-11)25-7-6-21-12(25)2/h4-9H,10H2,1-3H3,(H,22,23,24). The molecule has 3 heterocycles. The summed E-state index contributed by atoms with van der Waals surface area (Å²) in [7, 11) is 1.61. The molecule has 8 heteroatoms. The second kappa shape index (κ2) is 7.17. The zero-order valence-electron chi connectivity index (χ0n) is 15.2. The Morgan fingerprint density at radius 1 is 1.22 bits per heavy atom. The number of ether oxygens (including phenoxy) is 1. The van der Waals surface area contributed by atoms with Crippen molar-refractivity contribution in [1.29, 1.82) is 0 Å². The highest BCUT2D eigenvalue weighted by molar-refractivity contribution is 7.18. The number of rotatable bonds is 5. The van der Waals surface area contributed by atoms with Gasteiger partial charge in [0.25, 0.3) is 0 Å². The minimum atomic E-state index is 0.589. The van der Waals surface area contributed by atoms with E-state index in [1.54, 1.807) is 24.6 Å². The number of hydrogen-bond acceptors (Lipinski definition) is 6. The van der Waals surface area contributed by atoms with Crippen LogP contribution >= 0.6 is 22.9 Å². The molecule has 0 aliphatic rings. The van der Waals surface area contributed by atoms with Crippen molar-refractivity contribution in [2.24, 2.45) is 0 Å². The maximum Gasteiger partial charge on any atom is 0.238 e. The maximum absolute atomic E-state index is 6.23. The van der Waals surface area contributed by atoms with Crippen molar-refractivity contribution in [3.05, 3.63) is 57.9 Å². The number of hydrogen-bond donors (Lipinski definition) is 1. The summed E-state index contributed by atoms with van der Waals surface area (Å²) in [6, 6.07) is 7.85. The third kappa shape index (κ3) is 3.48. The first-order valence-corrected chi connectivity index (χ1v) is 9.59. The Morgan fingerprint density at radius 3 is 2.78 bits per heavy atom. The quantitative estimate of drug-likeness (QED) is 0.523. The number of aryl methyl sites for hydroxylation is 2. The summed E-state index contributed by atoms with van der Waals surface area (Å²) in [6.07, 6.45) is 3.61. The van der Waals surface area contributed by atoms with Crippen LogP contribution < -0.4 is 10.1 Å². The molecule has 4 aromatic rings. The maximum atomic E-state index is 6.23. The van der Waals surface area contributed by atoms with Crippen LogP contribution in [0.5, 0.6) is 5.75 Å². The molecule has 0 saturated heterocycles. The molecule has 1 N–H and O–H groups in total. The number of benzene rings is 1. The van der Waals surface area contributed by atoms with E-state index in [1.165, 1.54) is 4.88 Å². The van der Waals surface area contributed by atoms with E-state index in [4.69, 9.17) is 26.3 Å². The van der Waals surface area contributed by atoms with Gasteiger partial charge >= 0.3 is 0 Å². The highest BCUT2D eigenvalue weighted by Crippen LogP contribution is 2.30. The molecule has 4 rings (SSSR count). The van der Waals surface area contributed by atoms with Crippen LogP contribution in [0.2, 0.25) is 5.02 Å². The molecular formula is C19H18ClN5OS. The van der Waals surface area contributed by atoms with Gasteiger partial charge in [0, 0.05) is 23.8 Å². The largest absolute Gasteiger partial charge is 0.495 e. The number of nitrogens with zero attached hydrogens (tertiary/aromatic N) is 4. The molecule has 6 nitrogen and oxygen atoms in total.